The Morgan fingerprint density at radius 2 is 1.92 bits per heavy atom. The molecule has 1 atom stereocenters. The maximum Gasteiger partial charge on any atom is 0.262 e. The van der Waals surface area contributed by atoms with Gasteiger partial charge in [-0.3, -0.25) is 9.59 Å². The molecule has 26 heavy (non-hydrogen) atoms. The van der Waals surface area contributed by atoms with E-state index < -0.39 is 17.9 Å². The molecule has 3 N–H and O–H groups in total. The zero-order valence-electron chi connectivity index (χ0n) is 14.2. The van der Waals surface area contributed by atoms with Crippen molar-refractivity contribution in [3.63, 3.8) is 0 Å². The summed E-state index contributed by atoms with van der Waals surface area (Å²) in [5.41, 5.74) is 3.05. The van der Waals surface area contributed by atoms with Crippen molar-refractivity contribution in [2.24, 2.45) is 5.10 Å². The van der Waals surface area contributed by atoms with Gasteiger partial charge in [-0.1, -0.05) is 11.6 Å². The summed E-state index contributed by atoms with van der Waals surface area (Å²) in [6.07, 6.45) is 1.26. The van der Waals surface area contributed by atoms with Gasteiger partial charge in [-0.25, -0.2) is 5.43 Å². The summed E-state index contributed by atoms with van der Waals surface area (Å²) >= 11 is 5.83. The number of hydrogen-bond acceptors (Lipinski definition) is 5. The summed E-state index contributed by atoms with van der Waals surface area (Å²) in [5, 5.41) is 16.4. The minimum Gasteiger partial charge on any atom is -0.507 e. The van der Waals surface area contributed by atoms with Crippen LogP contribution < -0.4 is 15.5 Å². The van der Waals surface area contributed by atoms with Crippen molar-refractivity contribution in [3.05, 3.63) is 58.6 Å². The molecule has 0 bridgehead atoms. The number of hydrazone groups is 1. The third-order valence-corrected chi connectivity index (χ3v) is 3.70. The Bertz CT molecular complexity index is 822. The van der Waals surface area contributed by atoms with Crippen LogP contribution in [0.3, 0.4) is 0 Å². The molecule has 2 amide bonds. The van der Waals surface area contributed by atoms with Crippen LogP contribution in [-0.4, -0.2) is 36.3 Å². The number of nitrogens with zero attached hydrogens (tertiary/aromatic N) is 1. The molecule has 1 unspecified atom stereocenters. The minimum absolute atomic E-state index is 0.0201. The third kappa shape index (κ3) is 5.22. The summed E-state index contributed by atoms with van der Waals surface area (Å²) in [7, 11) is 1.53. The SMILES string of the molecule is COc1ccc(C(=O)NC(C)C(=O)NN=Cc2cc(Cl)ccc2O)cc1. The first-order chi connectivity index (χ1) is 12.4. The molecule has 0 aliphatic heterocycles. The number of ether oxygens (including phenoxy) is 1. The molecule has 0 aliphatic carbocycles. The molecule has 2 aromatic rings. The number of rotatable bonds is 6. The van der Waals surface area contributed by atoms with Gasteiger partial charge in [0.1, 0.15) is 17.5 Å². The highest BCUT2D eigenvalue weighted by Gasteiger charge is 2.16. The Morgan fingerprint density at radius 1 is 1.23 bits per heavy atom. The Morgan fingerprint density at radius 3 is 2.58 bits per heavy atom. The second kappa shape index (κ2) is 8.87. The van der Waals surface area contributed by atoms with Gasteiger partial charge in [0.05, 0.1) is 13.3 Å². The predicted octanol–water partition coefficient (Wildman–Crippen LogP) is 2.32. The lowest BCUT2D eigenvalue weighted by atomic mass is 10.2. The molecule has 0 spiro atoms. The van der Waals surface area contributed by atoms with E-state index in [4.69, 9.17) is 16.3 Å². The molecular formula is C18H18ClN3O4. The summed E-state index contributed by atoms with van der Waals surface area (Å²) < 4.78 is 5.03. The quantitative estimate of drug-likeness (QED) is 0.533. The number of phenols is 1. The van der Waals surface area contributed by atoms with Gasteiger partial charge in [0.2, 0.25) is 0 Å². The number of carbonyl (C=O) groups excluding carboxylic acids is 2. The number of hydrogen-bond donors (Lipinski definition) is 3. The second-order valence-electron chi connectivity index (χ2n) is 5.36. The lowest BCUT2D eigenvalue weighted by Gasteiger charge is -2.12. The largest absolute Gasteiger partial charge is 0.507 e. The number of aromatic hydroxyl groups is 1. The number of nitrogens with one attached hydrogen (secondary N) is 2. The van der Waals surface area contributed by atoms with E-state index >= 15 is 0 Å². The molecule has 2 aromatic carbocycles. The van der Waals surface area contributed by atoms with Gasteiger partial charge >= 0.3 is 0 Å². The van der Waals surface area contributed by atoms with Crippen molar-refractivity contribution in [3.8, 4) is 11.5 Å². The maximum atomic E-state index is 12.1. The standard InChI is InChI=1S/C18H18ClN3O4/c1-11(21-18(25)12-3-6-15(26-2)7-4-12)17(24)22-20-10-13-9-14(19)5-8-16(13)23/h3-11,23H,1-2H3,(H,21,25)(H,22,24). The van der Waals surface area contributed by atoms with Crippen molar-refractivity contribution in [1.82, 2.24) is 10.7 Å². The Hall–Kier alpha value is -3.06. The Labute approximate surface area is 155 Å². The summed E-state index contributed by atoms with van der Waals surface area (Å²) in [6.45, 7) is 1.53. The molecule has 0 aliphatic rings. The van der Waals surface area contributed by atoms with Crippen LogP contribution in [0, 0.1) is 0 Å². The van der Waals surface area contributed by atoms with Gasteiger partial charge in [-0.05, 0) is 49.4 Å². The van der Waals surface area contributed by atoms with E-state index in [0.29, 0.717) is 21.9 Å². The van der Waals surface area contributed by atoms with Gasteiger partial charge in [-0.15, -0.1) is 0 Å². The zero-order valence-corrected chi connectivity index (χ0v) is 14.9. The van der Waals surface area contributed by atoms with E-state index in [9.17, 15) is 14.7 Å². The van der Waals surface area contributed by atoms with Crippen LogP contribution in [0.2, 0.25) is 5.02 Å². The fraction of sp³-hybridized carbons (Fsp3) is 0.167. The van der Waals surface area contributed by atoms with Crippen molar-refractivity contribution < 1.29 is 19.4 Å². The van der Waals surface area contributed by atoms with Crippen LogP contribution in [0.4, 0.5) is 0 Å². The highest BCUT2D eigenvalue weighted by Crippen LogP contribution is 2.19. The van der Waals surface area contributed by atoms with E-state index in [1.807, 2.05) is 0 Å². The summed E-state index contributed by atoms with van der Waals surface area (Å²) in [4.78, 5) is 24.1. The molecule has 136 valence electrons. The molecule has 2 rings (SSSR count). The molecular weight excluding hydrogens is 358 g/mol. The highest BCUT2D eigenvalue weighted by molar-refractivity contribution is 6.30. The van der Waals surface area contributed by atoms with E-state index in [1.165, 1.54) is 38.4 Å². The van der Waals surface area contributed by atoms with Crippen molar-refractivity contribution in [2.75, 3.05) is 7.11 Å². The van der Waals surface area contributed by atoms with E-state index in [2.05, 4.69) is 15.8 Å². The number of amides is 2. The lowest BCUT2D eigenvalue weighted by Crippen LogP contribution is -2.43. The van der Waals surface area contributed by atoms with Gasteiger partial charge < -0.3 is 15.2 Å². The molecule has 0 radical (unpaired) electrons. The van der Waals surface area contributed by atoms with Crippen molar-refractivity contribution >= 4 is 29.6 Å². The minimum atomic E-state index is -0.810. The van der Waals surface area contributed by atoms with E-state index in [0.717, 1.165) is 0 Å². The number of carbonyl (C=O) groups is 2. The molecule has 7 nitrogen and oxygen atoms in total. The highest BCUT2D eigenvalue weighted by atomic mass is 35.5. The van der Waals surface area contributed by atoms with Crippen LogP contribution >= 0.6 is 11.6 Å². The molecule has 0 saturated carbocycles. The van der Waals surface area contributed by atoms with Crippen LogP contribution in [0.25, 0.3) is 0 Å². The molecule has 0 saturated heterocycles. The smallest absolute Gasteiger partial charge is 0.262 e. The van der Waals surface area contributed by atoms with Gasteiger partial charge in [0.15, 0.2) is 0 Å². The van der Waals surface area contributed by atoms with Crippen LogP contribution in [-0.2, 0) is 4.79 Å². The molecule has 8 heteroatoms. The molecule has 0 aromatic heterocycles. The summed E-state index contributed by atoms with van der Waals surface area (Å²) in [5.74, 6) is -0.296. The van der Waals surface area contributed by atoms with E-state index in [1.54, 1.807) is 24.3 Å². The zero-order chi connectivity index (χ0) is 19.1. The van der Waals surface area contributed by atoms with Gasteiger partial charge in [0.25, 0.3) is 11.8 Å². The topological polar surface area (TPSA) is 100 Å². The molecule has 0 heterocycles. The number of benzene rings is 2. The van der Waals surface area contributed by atoms with Gasteiger partial charge in [0, 0.05) is 16.1 Å². The van der Waals surface area contributed by atoms with Crippen LogP contribution in [0.5, 0.6) is 11.5 Å². The third-order valence-electron chi connectivity index (χ3n) is 3.46. The van der Waals surface area contributed by atoms with Crippen molar-refractivity contribution in [2.45, 2.75) is 13.0 Å². The summed E-state index contributed by atoms with van der Waals surface area (Å²) in [6, 6.07) is 10.1. The normalized spacial score (nSPS) is 11.8. The first kappa shape index (κ1) is 19.3. The lowest BCUT2D eigenvalue weighted by molar-refractivity contribution is -0.122. The predicted molar refractivity (Wildman–Crippen MR) is 98.8 cm³/mol. The monoisotopic (exact) mass is 375 g/mol. The Balaban J connectivity index is 1.91. The average Bonchev–Trinajstić information content (AvgIpc) is 2.64. The Kier molecular flexibility index (Phi) is 6.57. The van der Waals surface area contributed by atoms with Crippen molar-refractivity contribution in [1.29, 1.82) is 0 Å². The first-order valence-corrected chi connectivity index (χ1v) is 8.05. The fourth-order valence-corrected chi connectivity index (χ4v) is 2.16. The maximum absolute atomic E-state index is 12.1. The van der Waals surface area contributed by atoms with Crippen LogP contribution in [0.15, 0.2) is 47.6 Å². The fourth-order valence-electron chi connectivity index (χ4n) is 1.98. The molecule has 0 fully saturated rings. The average molecular weight is 376 g/mol. The first-order valence-electron chi connectivity index (χ1n) is 7.67. The number of methoxy groups -OCH3 is 1. The van der Waals surface area contributed by atoms with Crippen LogP contribution in [0.1, 0.15) is 22.8 Å². The van der Waals surface area contributed by atoms with E-state index in [-0.39, 0.29) is 5.75 Å². The second-order valence-corrected chi connectivity index (χ2v) is 5.80. The number of phenolic OH excluding ortho intramolecular Hbond substituents is 1. The number of halogens is 1. The van der Waals surface area contributed by atoms with Gasteiger partial charge in [-0.2, -0.15) is 5.10 Å².